The number of nitrogen functional groups attached to an aromatic ring is 1. The number of anilines is 2. The molecule has 3 heterocycles. The summed E-state index contributed by atoms with van der Waals surface area (Å²) in [6, 6.07) is 1.98. The topological polar surface area (TPSA) is 99.9 Å². The van der Waals surface area contributed by atoms with Gasteiger partial charge < -0.3 is 16.4 Å². The monoisotopic (exact) mass is 559 g/mol. The van der Waals surface area contributed by atoms with Crippen LogP contribution < -0.4 is 11.1 Å². The Labute approximate surface area is 184 Å². The molecule has 1 atom stereocenters. The zero-order valence-corrected chi connectivity index (χ0v) is 19.5. The predicted octanol–water partition coefficient (Wildman–Crippen LogP) is 3.17. The molecule has 7 nitrogen and oxygen atoms in total. The van der Waals surface area contributed by atoms with Gasteiger partial charge in [0.25, 0.3) is 0 Å². The molecule has 1 aliphatic carbocycles. The van der Waals surface area contributed by atoms with E-state index < -0.39 is 0 Å². The molecule has 2 bridgehead atoms. The second-order valence-corrected chi connectivity index (χ2v) is 6.58. The van der Waals surface area contributed by atoms with Crippen molar-refractivity contribution in [3.8, 4) is 0 Å². The van der Waals surface area contributed by atoms with Crippen LogP contribution in [0.2, 0.25) is 0 Å². The first kappa shape index (κ1) is 22.4. The Hall–Kier alpha value is -2.88. The van der Waals surface area contributed by atoms with E-state index in [1.807, 2.05) is 45.6 Å². The fourth-order valence-corrected chi connectivity index (χ4v) is 3.09. The quantitative estimate of drug-likeness (QED) is 0.564. The summed E-state index contributed by atoms with van der Waals surface area (Å²) in [5.74, 6) is 1.79. The molecule has 0 saturated heterocycles. The number of nitrogens with one attached hydrogen (secondary N) is 1. The summed E-state index contributed by atoms with van der Waals surface area (Å²) in [7, 11) is 3.75. The SMILES string of the molecule is CNc1cc(N)cnc1C.Cn1cc(C2=CC3CC(=C(C=C=O)[N-]3)C=C2)cn1.[W]. The summed E-state index contributed by atoms with van der Waals surface area (Å²) in [5, 5.41) is 11.7. The average molecular weight is 559 g/mol. The summed E-state index contributed by atoms with van der Waals surface area (Å²) >= 11 is 0. The van der Waals surface area contributed by atoms with Gasteiger partial charge >= 0.3 is 0 Å². The molecule has 8 heteroatoms. The summed E-state index contributed by atoms with van der Waals surface area (Å²) < 4.78 is 1.78. The van der Waals surface area contributed by atoms with Crippen LogP contribution in [-0.2, 0) is 32.9 Å². The molecule has 0 saturated carbocycles. The second-order valence-electron chi connectivity index (χ2n) is 6.58. The normalized spacial score (nSPS) is 16.4. The van der Waals surface area contributed by atoms with Crippen molar-refractivity contribution in [3.05, 3.63) is 76.8 Å². The number of hydrogen-bond donors (Lipinski definition) is 2. The average Bonchev–Trinajstić information content (AvgIpc) is 3.20. The number of aromatic nitrogens is 3. The maximum Gasteiger partial charge on any atom is 0.123 e. The fraction of sp³-hybridized carbons (Fsp3) is 0.238. The molecule has 2 aromatic heterocycles. The number of nitrogens with zero attached hydrogens (tertiary/aromatic N) is 4. The second kappa shape index (κ2) is 10.1. The molecule has 0 aromatic carbocycles. The third kappa shape index (κ3) is 5.56. The molecule has 1 aliphatic heterocycles. The van der Waals surface area contributed by atoms with Crippen molar-refractivity contribution in [2.24, 2.45) is 7.05 Å². The number of nitrogens with two attached hydrogens (primary N) is 1. The van der Waals surface area contributed by atoms with Crippen LogP contribution in [0.3, 0.4) is 0 Å². The molecule has 2 aliphatic rings. The van der Waals surface area contributed by atoms with Crippen LogP contribution in [-0.4, -0.2) is 33.8 Å². The Kier molecular flexibility index (Phi) is 7.77. The molecule has 0 amide bonds. The van der Waals surface area contributed by atoms with Gasteiger partial charge in [-0.3, -0.25) is 9.67 Å². The van der Waals surface area contributed by atoms with E-state index in [1.165, 1.54) is 6.08 Å². The van der Waals surface area contributed by atoms with Crippen molar-refractivity contribution in [2.45, 2.75) is 19.4 Å². The van der Waals surface area contributed by atoms with Crippen LogP contribution in [0.15, 0.2) is 60.2 Å². The van der Waals surface area contributed by atoms with Crippen LogP contribution in [0.25, 0.3) is 10.9 Å². The van der Waals surface area contributed by atoms with Gasteiger partial charge in [0.1, 0.15) is 5.94 Å². The van der Waals surface area contributed by atoms with Gasteiger partial charge in [-0.25, -0.2) is 4.79 Å². The number of rotatable bonds is 3. The minimum Gasteiger partial charge on any atom is -0.677 e. The summed E-state index contributed by atoms with van der Waals surface area (Å²) in [6.07, 6.45) is 13.9. The summed E-state index contributed by atoms with van der Waals surface area (Å²) in [5.41, 5.74) is 12.2. The van der Waals surface area contributed by atoms with E-state index in [0.29, 0.717) is 5.69 Å². The Morgan fingerprint density at radius 1 is 1.38 bits per heavy atom. The number of pyridine rings is 1. The van der Waals surface area contributed by atoms with Gasteiger partial charge in [0.05, 0.1) is 29.5 Å². The van der Waals surface area contributed by atoms with Gasteiger partial charge in [-0.15, -0.1) is 5.70 Å². The Morgan fingerprint density at radius 2 is 2.17 bits per heavy atom. The van der Waals surface area contributed by atoms with Crippen LogP contribution in [0.1, 0.15) is 17.7 Å². The van der Waals surface area contributed by atoms with Crippen LogP contribution >= 0.6 is 0 Å². The molecular formula is C21H23N6OW-. The third-order valence-corrected chi connectivity index (χ3v) is 4.51. The molecule has 0 spiro atoms. The van der Waals surface area contributed by atoms with E-state index in [-0.39, 0.29) is 27.1 Å². The molecular weight excluding hydrogens is 536 g/mol. The molecule has 1 unspecified atom stereocenters. The van der Waals surface area contributed by atoms with Crippen LogP contribution in [0.4, 0.5) is 11.4 Å². The number of allylic oxidation sites excluding steroid dienone is 4. The molecule has 3 N–H and O–H groups in total. The maximum atomic E-state index is 10.4. The van der Waals surface area contributed by atoms with E-state index >= 15 is 0 Å². The van der Waals surface area contributed by atoms with E-state index in [0.717, 1.165) is 40.2 Å². The molecule has 4 rings (SSSR count). The fourth-order valence-electron chi connectivity index (χ4n) is 3.09. The molecule has 150 valence electrons. The maximum absolute atomic E-state index is 10.4. The van der Waals surface area contributed by atoms with E-state index in [2.05, 4.69) is 32.9 Å². The van der Waals surface area contributed by atoms with Crippen LogP contribution in [0.5, 0.6) is 0 Å². The Morgan fingerprint density at radius 3 is 2.79 bits per heavy atom. The van der Waals surface area contributed by atoms with Gasteiger partial charge in [0, 0.05) is 53.0 Å². The predicted molar refractivity (Wildman–Crippen MR) is 112 cm³/mol. The van der Waals surface area contributed by atoms with Crippen molar-refractivity contribution in [1.82, 2.24) is 14.8 Å². The minimum absolute atomic E-state index is 0. The first-order chi connectivity index (χ1) is 13.5. The first-order valence-corrected chi connectivity index (χ1v) is 8.94. The van der Waals surface area contributed by atoms with Gasteiger partial charge in [0.15, 0.2) is 0 Å². The summed E-state index contributed by atoms with van der Waals surface area (Å²) in [6.45, 7) is 1.94. The number of aryl methyl sites for hydroxylation is 2. The Balaban J connectivity index is 0.000000234. The summed E-state index contributed by atoms with van der Waals surface area (Å²) in [4.78, 5) is 14.5. The number of fused-ring (bicyclic) bond motifs is 2. The zero-order valence-electron chi connectivity index (χ0n) is 16.6. The van der Waals surface area contributed by atoms with E-state index in [1.54, 1.807) is 16.8 Å². The molecule has 0 fully saturated rings. The molecule has 0 radical (unpaired) electrons. The van der Waals surface area contributed by atoms with Crippen molar-refractivity contribution in [3.63, 3.8) is 0 Å². The standard InChI is InChI=1S/C14H12N3O.C7H11N3.W/c1-17-9-12(8-15-17)10-2-3-11-7-13(6-10)16-14(11)4-5-18;1-5-7(9-2)3-6(8)4-10-5;/h2-4,6,8-9,13H,7H2,1H3;3-4,9H,8H2,1-2H3;/q-1;;. The Bertz CT molecular complexity index is 1010. The van der Waals surface area contributed by atoms with Gasteiger partial charge in [0.2, 0.25) is 0 Å². The van der Waals surface area contributed by atoms with Crippen LogP contribution in [0, 0.1) is 6.92 Å². The van der Waals surface area contributed by atoms with Crippen molar-refractivity contribution < 1.29 is 25.9 Å². The number of carbonyl (C=O) groups excluding carboxylic acids is 1. The van der Waals surface area contributed by atoms with Crippen molar-refractivity contribution >= 4 is 22.9 Å². The largest absolute Gasteiger partial charge is 0.677 e. The smallest absolute Gasteiger partial charge is 0.123 e. The minimum atomic E-state index is 0. The first-order valence-electron chi connectivity index (χ1n) is 8.94. The van der Waals surface area contributed by atoms with Crippen molar-refractivity contribution in [2.75, 3.05) is 18.1 Å². The van der Waals surface area contributed by atoms with E-state index in [9.17, 15) is 4.79 Å². The number of hydrogen-bond acceptors (Lipinski definition) is 5. The van der Waals surface area contributed by atoms with Gasteiger partial charge in [-0.1, -0.05) is 29.8 Å². The van der Waals surface area contributed by atoms with Gasteiger partial charge in [-0.05, 0) is 25.0 Å². The van der Waals surface area contributed by atoms with E-state index in [4.69, 9.17) is 5.73 Å². The van der Waals surface area contributed by atoms with Gasteiger partial charge in [-0.2, -0.15) is 5.10 Å². The molecule has 29 heavy (non-hydrogen) atoms. The molecule has 2 aromatic rings. The van der Waals surface area contributed by atoms with Crippen molar-refractivity contribution in [1.29, 1.82) is 0 Å². The third-order valence-electron chi connectivity index (χ3n) is 4.51. The zero-order chi connectivity index (χ0) is 20.1.